The molecule has 0 aromatic rings. The van der Waals surface area contributed by atoms with Crippen molar-refractivity contribution in [2.24, 2.45) is 5.41 Å². The van der Waals surface area contributed by atoms with Gasteiger partial charge in [-0.1, -0.05) is 48.5 Å². The molecule has 0 aliphatic rings. The summed E-state index contributed by atoms with van der Waals surface area (Å²) in [4.78, 5) is 0. The third-order valence-electron chi connectivity index (χ3n) is 2.15. The molecule has 0 amide bonds. The highest BCUT2D eigenvalue weighted by Crippen LogP contribution is 2.09. The van der Waals surface area contributed by atoms with E-state index in [9.17, 15) is 16.8 Å². The van der Waals surface area contributed by atoms with Crippen LogP contribution in [0.15, 0.2) is 0 Å². The lowest BCUT2D eigenvalue weighted by molar-refractivity contribution is 0.395. The fourth-order valence-electron chi connectivity index (χ4n) is 1.11. The van der Waals surface area contributed by atoms with E-state index in [-0.39, 0.29) is 11.5 Å². The zero-order valence-corrected chi connectivity index (χ0v) is 21.6. The van der Waals surface area contributed by atoms with Crippen molar-refractivity contribution in [3.05, 3.63) is 0 Å². The van der Waals surface area contributed by atoms with E-state index in [4.69, 9.17) is 0 Å². The SMILES string of the molecule is CC.CC.CNCC(C)(C)C.CNCCS(C)(=O)=O.CNCCS(C)(=O)=O. The predicted octanol–water partition coefficient (Wildman–Crippen LogP) is 1.81. The molecule has 9 heteroatoms. The summed E-state index contributed by atoms with van der Waals surface area (Å²) in [7, 11) is -0.0654. The number of hydrogen-bond donors (Lipinski definition) is 3. The molecule has 0 atom stereocenters. The van der Waals surface area contributed by atoms with Gasteiger partial charge in [-0.25, -0.2) is 16.8 Å². The fraction of sp³-hybridized carbons (Fsp3) is 1.00. The first-order valence-corrected chi connectivity index (χ1v) is 13.6. The Bertz CT molecular complexity index is 421. The molecule has 0 aliphatic heterocycles. The van der Waals surface area contributed by atoms with Crippen molar-refractivity contribution >= 4 is 19.7 Å². The molecule has 0 rings (SSSR count). The maximum Gasteiger partial charge on any atom is 0.148 e. The van der Waals surface area contributed by atoms with Crippen LogP contribution in [0.1, 0.15) is 48.5 Å². The van der Waals surface area contributed by atoms with Gasteiger partial charge in [-0.2, -0.15) is 0 Å². The van der Waals surface area contributed by atoms with Crippen molar-refractivity contribution in [1.29, 1.82) is 0 Å². The predicted molar refractivity (Wildman–Crippen MR) is 123 cm³/mol. The summed E-state index contributed by atoms with van der Waals surface area (Å²) in [6.45, 7) is 16.8. The monoisotopic (exact) mass is 435 g/mol. The van der Waals surface area contributed by atoms with Gasteiger partial charge in [0.15, 0.2) is 0 Å². The van der Waals surface area contributed by atoms with Crippen LogP contribution in [0.2, 0.25) is 0 Å². The summed E-state index contributed by atoms with van der Waals surface area (Å²) in [5.74, 6) is 0.451. The van der Waals surface area contributed by atoms with Gasteiger partial charge >= 0.3 is 0 Å². The number of hydrogen-bond acceptors (Lipinski definition) is 7. The van der Waals surface area contributed by atoms with Gasteiger partial charge in [0.05, 0.1) is 11.5 Å². The summed E-state index contributed by atoms with van der Waals surface area (Å²) in [6.07, 6.45) is 2.45. The van der Waals surface area contributed by atoms with E-state index in [1.807, 2.05) is 34.7 Å². The average Bonchev–Trinajstić information content (AvgIpc) is 2.53. The molecular formula is C18H49N3O4S2. The summed E-state index contributed by atoms with van der Waals surface area (Å²) in [5.41, 5.74) is 0.439. The highest BCUT2D eigenvalue weighted by molar-refractivity contribution is 7.90. The Morgan fingerprint density at radius 2 is 0.889 bits per heavy atom. The molecule has 0 spiro atoms. The molecule has 172 valence electrons. The van der Waals surface area contributed by atoms with Gasteiger partial charge in [-0.15, -0.1) is 0 Å². The van der Waals surface area contributed by atoms with Crippen molar-refractivity contribution in [2.75, 3.05) is 64.8 Å². The maximum atomic E-state index is 10.4. The molecule has 0 radical (unpaired) electrons. The summed E-state index contributed by atoms with van der Waals surface area (Å²) in [5, 5.41) is 8.60. The quantitative estimate of drug-likeness (QED) is 0.560. The Hall–Kier alpha value is -0.220. The smallest absolute Gasteiger partial charge is 0.148 e. The van der Waals surface area contributed by atoms with Crippen LogP contribution in [0, 0.1) is 5.41 Å². The minimum absolute atomic E-state index is 0.226. The molecule has 0 aromatic carbocycles. The molecule has 0 saturated heterocycles. The van der Waals surface area contributed by atoms with Crippen LogP contribution in [0.3, 0.4) is 0 Å². The molecule has 0 bridgehead atoms. The van der Waals surface area contributed by atoms with E-state index in [1.165, 1.54) is 12.5 Å². The molecule has 7 nitrogen and oxygen atoms in total. The van der Waals surface area contributed by atoms with Gasteiger partial charge in [-0.05, 0) is 33.1 Å². The first kappa shape index (κ1) is 37.5. The van der Waals surface area contributed by atoms with E-state index < -0.39 is 19.7 Å². The largest absolute Gasteiger partial charge is 0.319 e. The van der Waals surface area contributed by atoms with Gasteiger partial charge in [0.25, 0.3) is 0 Å². The Morgan fingerprint density at radius 1 is 0.630 bits per heavy atom. The lowest BCUT2D eigenvalue weighted by Gasteiger charge is -2.16. The molecule has 0 aromatic heterocycles. The summed E-state index contributed by atoms with van der Waals surface area (Å²) < 4.78 is 41.4. The molecule has 3 N–H and O–H groups in total. The van der Waals surface area contributed by atoms with Gasteiger partial charge in [-0.3, -0.25) is 0 Å². The fourth-order valence-corrected chi connectivity index (χ4v) is 2.26. The Kier molecular flexibility index (Phi) is 33.1. The van der Waals surface area contributed by atoms with Gasteiger partial charge < -0.3 is 16.0 Å². The minimum Gasteiger partial charge on any atom is -0.319 e. The van der Waals surface area contributed by atoms with E-state index in [1.54, 1.807) is 14.1 Å². The highest BCUT2D eigenvalue weighted by atomic mass is 32.2. The van der Waals surface area contributed by atoms with E-state index in [2.05, 4.69) is 36.7 Å². The van der Waals surface area contributed by atoms with Crippen LogP contribution in [-0.4, -0.2) is 81.6 Å². The van der Waals surface area contributed by atoms with Crippen molar-refractivity contribution in [2.45, 2.75) is 48.5 Å². The second kappa shape index (κ2) is 23.8. The minimum atomic E-state index is -2.75. The lowest BCUT2D eigenvalue weighted by Crippen LogP contribution is -2.22. The second-order valence-corrected chi connectivity index (χ2v) is 11.1. The van der Waals surface area contributed by atoms with E-state index >= 15 is 0 Å². The molecule has 0 fully saturated rings. The summed E-state index contributed by atoms with van der Waals surface area (Å²) in [6, 6.07) is 0. The van der Waals surface area contributed by atoms with Crippen LogP contribution in [0.25, 0.3) is 0 Å². The normalized spacial score (nSPS) is 10.5. The average molecular weight is 436 g/mol. The molecule has 0 aliphatic carbocycles. The van der Waals surface area contributed by atoms with E-state index in [0.717, 1.165) is 6.54 Å². The number of sulfone groups is 2. The van der Waals surface area contributed by atoms with E-state index in [0.29, 0.717) is 18.5 Å². The van der Waals surface area contributed by atoms with Gasteiger partial charge in [0.1, 0.15) is 19.7 Å². The van der Waals surface area contributed by atoms with Crippen molar-refractivity contribution in [1.82, 2.24) is 16.0 Å². The van der Waals surface area contributed by atoms with Crippen LogP contribution in [-0.2, 0) is 19.7 Å². The maximum absolute atomic E-state index is 10.4. The molecule has 0 heterocycles. The Labute approximate surface area is 171 Å². The first-order valence-electron chi connectivity index (χ1n) is 9.47. The van der Waals surface area contributed by atoms with Crippen LogP contribution in [0.4, 0.5) is 0 Å². The molecule has 0 saturated carbocycles. The highest BCUT2D eigenvalue weighted by Gasteiger charge is 2.06. The lowest BCUT2D eigenvalue weighted by atomic mass is 9.97. The first-order chi connectivity index (χ1) is 12.2. The zero-order chi connectivity index (χ0) is 23.2. The van der Waals surface area contributed by atoms with Crippen LogP contribution in [0.5, 0.6) is 0 Å². The van der Waals surface area contributed by atoms with Crippen molar-refractivity contribution < 1.29 is 16.8 Å². The third kappa shape index (κ3) is 76.8. The van der Waals surface area contributed by atoms with Crippen molar-refractivity contribution in [3.8, 4) is 0 Å². The third-order valence-corrected chi connectivity index (χ3v) is 4.04. The second-order valence-electron chi connectivity index (χ2n) is 6.56. The van der Waals surface area contributed by atoms with Crippen LogP contribution < -0.4 is 16.0 Å². The molecule has 27 heavy (non-hydrogen) atoms. The van der Waals surface area contributed by atoms with Gasteiger partial charge in [0, 0.05) is 25.6 Å². The zero-order valence-electron chi connectivity index (χ0n) is 20.0. The summed E-state index contributed by atoms with van der Waals surface area (Å²) >= 11 is 0. The molecule has 0 unspecified atom stereocenters. The molecular weight excluding hydrogens is 386 g/mol. The topological polar surface area (TPSA) is 104 Å². The van der Waals surface area contributed by atoms with Crippen LogP contribution >= 0.6 is 0 Å². The van der Waals surface area contributed by atoms with Crippen molar-refractivity contribution in [3.63, 3.8) is 0 Å². The number of nitrogens with one attached hydrogen (secondary N) is 3. The Morgan fingerprint density at radius 3 is 0.926 bits per heavy atom. The standard InChI is InChI=1S/C6H15N.2C4H11NO2S.2C2H6/c1-6(2,3)5-7-4;2*1-5-3-4-8(2,6)7;2*1-2/h7H,5H2,1-4H3;2*5H,3-4H2,1-2H3;2*1-2H3. The van der Waals surface area contributed by atoms with Gasteiger partial charge in [0.2, 0.25) is 0 Å². The Balaban J connectivity index is -0.0000000819. The number of rotatable bonds is 7.